The van der Waals surface area contributed by atoms with Gasteiger partial charge in [-0.05, 0) is 24.6 Å². The van der Waals surface area contributed by atoms with Crippen LogP contribution in [0.15, 0.2) is 0 Å². The minimum atomic E-state index is -2.85. The molecule has 1 aliphatic heterocycles. The molecule has 1 saturated heterocycles. The molecule has 1 heterocycles. The maximum Gasteiger partial charge on any atom is 0.222 e. The molecule has 1 fully saturated rings. The summed E-state index contributed by atoms with van der Waals surface area (Å²) in [5.41, 5.74) is 0. The fraction of sp³-hybridized carbons (Fsp3) is 0.889. The lowest BCUT2D eigenvalue weighted by molar-refractivity contribution is -0.112. The molecule has 0 aromatic rings. The van der Waals surface area contributed by atoms with Crippen molar-refractivity contribution in [1.29, 1.82) is 0 Å². The van der Waals surface area contributed by atoms with Gasteiger partial charge in [-0.1, -0.05) is 6.92 Å². The van der Waals surface area contributed by atoms with E-state index >= 15 is 0 Å². The first-order chi connectivity index (χ1) is 6.94. The first-order valence-electron chi connectivity index (χ1n) is 5.07. The summed E-state index contributed by atoms with van der Waals surface area (Å²) in [5, 5.41) is -0.366. The van der Waals surface area contributed by atoms with E-state index in [1.807, 2.05) is 11.8 Å². The van der Waals surface area contributed by atoms with Gasteiger partial charge in [0.25, 0.3) is 0 Å². The lowest BCUT2D eigenvalue weighted by Crippen LogP contribution is -2.37. The minimum absolute atomic E-state index is 0.0658. The van der Waals surface area contributed by atoms with Gasteiger partial charge in [0, 0.05) is 19.0 Å². The summed E-state index contributed by atoms with van der Waals surface area (Å²) in [5.74, 6) is 0.486. The van der Waals surface area contributed by atoms with Crippen LogP contribution < -0.4 is 0 Å². The number of halogens is 1. The highest BCUT2D eigenvalue weighted by molar-refractivity contribution is 7.91. The summed E-state index contributed by atoms with van der Waals surface area (Å²) in [6.07, 6.45) is 0.957. The highest BCUT2D eigenvalue weighted by atomic mass is 35.5. The van der Waals surface area contributed by atoms with Crippen molar-refractivity contribution in [3.8, 4) is 0 Å². The molecule has 0 bridgehead atoms. The second kappa shape index (κ2) is 5.27. The molecule has 1 aliphatic rings. The zero-order valence-corrected chi connectivity index (χ0v) is 10.4. The molecule has 15 heavy (non-hydrogen) atoms. The van der Waals surface area contributed by atoms with Gasteiger partial charge >= 0.3 is 0 Å². The number of rotatable bonds is 5. The van der Waals surface area contributed by atoms with Crippen molar-refractivity contribution in [2.45, 2.75) is 25.8 Å². The van der Waals surface area contributed by atoms with Gasteiger partial charge in [0.05, 0.1) is 11.5 Å². The number of hydrogen-bond acceptors (Lipinski definition) is 4. The standard InChI is InChI=1S/C9H16ClNO3S/c1-2-11(5-3-9(10)12)8-4-6-15(13,14)7-8/h8H,2-7H2,1H3. The van der Waals surface area contributed by atoms with Crippen LogP contribution in [0.4, 0.5) is 0 Å². The molecule has 0 saturated carbocycles. The molecule has 0 aromatic carbocycles. The largest absolute Gasteiger partial charge is 0.299 e. The molecule has 0 aliphatic carbocycles. The summed E-state index contributed by atoms with van der Waals surface area (Å²) in [7, 11) is -2.85. The monoisotopic (exact) mass is 253 g/mol. The molecular weight excluding hydrogens is 238 g/mol. The van der Waals surface area contributed by atoms with Crippen molar-refractivity contribution in [2.24, 2.45) is 0 Å². The molecule has 88 valence electrons. The van der Waals surface area contributed by atoms with E-state index < -0.39 is 9.84 Å². The van der Waals surface area contributed by atoms with E-state index in [-0.39, 0.29) is 29.2 Å². The van der Waals surface area contributed by atoms with Gasteiger partial charge in [-0.2, -0.15) is 0 Å². The Morgan fingerprint density at radius 2 is 2.20 bits per heavy atom. The van der Waals surface area contributed by atoms with Crippen molar-refractivity contribution in [3.05, 3.63) is 0 Å². The fourth-order valence-corrected chi connectivity index (χ4v) is 3.74. The molecule has 0 amide bonds. The van der Waals surface area contributed by atoms with Crippen LogP contribution in [-0.2, 0) is 14.6 Å². The van der Waals surface area contributed by atoms with Crippen LogP contribution in [0.5, 0.6) is 0 Å². The van der Waals surface area contributed by atoms with E-state index in [9.17, 15) is 13.2 Å². The van der Waals surface area contributed by atoms with Gasteiger partial charge in [0.2, 0.25) is 5.24 Å². The Morgan fingerprint density at radius 3 is 2.60 bits per heavy atom. The van der Waals surface area contributed by atoms with Crippen molar-refractivity contribution in [1.82, 2.24) is 4.90 Å². The lowest BCUT2D eigenvalue weighted by atomic mass is 10.2. The molecule has 0 spiro atoms. The maximum atomic E-state index is 11.3. The molecule has 0 radical (unpaired) electrons. The molecular formula is C9H16ClNO3S. The van der Waals surface area contributed by atoms with Crippen LogP contribution in [0.2, 0.25) is 0 Å². The zero-order chi connectivity index (χ0) is 11.5. The van der Waals surface area contributed by atoms with Gasteiger partial charge in [-0.15, -0.1) is 0 Å². The Kier molecular flexibility index (Phi) is 4.55. The van der Waals surface area contributed by atoms with Gasteiger partial charge in [0.1, 0.15) is 0 Å². The molecule has 1 atom stereocenters. The number of hydrogen-bond donors (Lipinski definition) is 0. The Balaban J connectivity index is 2.49. The molecule has 1 unspecified atom stereocenters. The van der Waals surface area contributed by atoms with E-state index in [4.69, 9.17) is 11.6 Å². The van der Waals surface area contributed by atoms with E-state index in [1.54, 1.807) is 0 Å². The number of carbonyl (C=O) groups excluding carboxylic acids is 1. The van der Waals surface area contributed by atoms with E-state index in [2.05, 4.69) is 0 Å². The number of sulfone groups is 1. The SMILES string of the molecule is CCN(CCC(=O)Cl)C1CCS(=O)(=O)C1. The second-order valence-electron chi connectivity index (χ2n) is 3.79. The van der Waals surface area contributed by atoms with Crippen molar-refractivity contribution < 1.29 is 13.2 Å². The summed E-state index contributed by atoms with van der Waals surface area (Å²) >= 11 is 5.26. The van der Waals surface area contributed by atoms with Crippen LogP contribution in [0.1, 0.15) is 19.8 Å². The third-order valence-electron chi connectivity index (χ3n) is 2.73. The predicted molar refractivity (Wildman–Crippen MR) is 59.8 cm³/mol. The quantitative estimate of drug-likeness (QED) is 0.675. The van der Waals surface area contributed by atoms with Crippen LogP contribution in [-0.4, -0.2) is 49.2 Å². The van der Waals surface area contributed by atoms with Crippen molar-refractivity contribution in [2.75, 3.05) is 24.6 Å². The maximum absolute atomic E-state index is 11.3. The molecule has 0 aromatic heterocycles. The van der Waals surface area contributed by atoms with Crippen LogP contribution in [0, 0.1) is 0 Å². The van der Waals surface area contributed by atoms with Gasteiger partial charge in [0.15, 0.2) is 9.84 Å². The van der Waals surface area contributed by atoms with Crippen LogP contribution in [0.3, 0.4) is 0 Å². The molecule has 0 N–H and O–H groups in total. The van der Waals surface area contributed by atoms with Crippen molar-refractivity contribution in [3.63, 3.8) is 0 Å². The van der Waals surface area contributed by atoms with Gasteiger partial charge in [-0.3, -0.25) is 9.69 Å². The highest BCUT2D eigenvalue weighted by Crippen LogP contribution is 2.17. The van der Waals surface area contributed by atoms with E-state index in [0.29, 0.717) is 13.0 Å². The molecule has 4 nitrogen and oxygen atoms in total. The normalized spacial score (nSPS) is 24.6. The molecule has 1 rings (SSSR count). The Morgan fingerprint density at radius 1 is 1.53 bits per heavy atom. The smallest absolute Gasteiger partial charge is 0.222 e. The first kappa shape index (κ1) is 12.9. The fourth-order valence-electron chi connectivity index (χ4n) is 1.89. The van der Waals surface area contributed by atoms with Gasteiger partial charge < -0.3 is 0 Å². The van der Waals surface area contributed by atoms with Crippen LogP contribution >= 0.6 is 11.6 Å². The number of carbonyl (C=O) groups is 1. The minimum Gasteiger partial charge on any atom is -0.299 e. The summed E-state index contributed by atoms with van der Waals surface area (Å²) < 4.78 is 22.6. The zero-order valence-electron chi connectivity index (χ0n) is 8.78. The summed E-state index contributed by atoms with van der Waals surface area (Å²) in [6.45, 7) is 3.27. The topological polar surface area (TPSA) is 54.5 Å². The van der Waals surface area contributed by atoms with Gasteiger partial charge in [-0.25, -0.2) is 8.42 Å². The third-order valence-corrected chi connectivity index (χ3v) is 4.67. The predicted octanol–water partition coefficient (Wildman–Crippen LogP) is 0.651. The third kappa shape index (κ3) is 4.09. The first-order valence-corrected chi connectivity index (χ1v) is 7.27. The van der Waals surface area contributed by atoms with E-state index in [0.717, 1.165) is 6.54 Å². The number of nitrogens with zero attached hydrogens (tertiary/aromatic N) is 1. The summed E-state index contributed by atoms with van der Waals surface area (Å²) in [4.78, 5) is 12.6. The Hall–Kier alpha value is -0.130. The average Bonchev–Trinajstić information content (AvgIpc) is 2.47. The Bertz CT molecular complexity index is 328. The summed E-state index contributed by atoms with van der Waals surface area (Å²) in [6, 6.07) is 0.0658. The molecule has 6 heteroatoms. The van der Waals surface area contributed by atoms with E-state index in [1.165, 1.54) is 0 Å². The Labute approximate surface area is 95.5 Å². The second-order valence-corrected chi connectivity index (χ2v) is 6.44. The van der Waals surface area contributed by atoms with Crippen LogP contribution in [0.25, 0.3) is 0 Å². The lowest BCUT2D eigenvalue weighted by Gasteiger charge is -2.25. The average molecular weight is 254 g/mol. The highest BCUT2D eigenvalue weighted by Gasteiger charge is 2.31. The van der Waals surface area contributed by atoms with Crippen molar-refractivity contribution >= 4 is 26.7 Å².